The molecule has 0 fully saturated rings. The Hall–Kier alpha value is -3.42. The van der Waals surface area contributed by atoms with Crippen molar-refractivity contribution in [3.05, 3.63) is 63.9 Å². The molecule has 0 unspecified atom stereocenters. The van der Waals surface area contributed by atoms with E-state index in [1.165, 1.54) is 18.2 Å². The molecule has 8 nitrogen and oxygen atoms in total. The van der Waals surface area contributed by atoms with Gasteiger partial charge in [0.05, 0.1) is 6.07 Å². The van der Waals surface area contributed by atoms with Gasteiger partial charge in [-0.3, -0.25) is 14.9 Å². The zero-order valence-electron chi connectivity index (χ0n) is 12.7. The second-order valence-electron chi connectivity index (χ2n) is 4.79. The summed E-state index contributed by atoms with van der Waals surface area (Å²) >= 11 is 0. The number of nitro groups is 1. The lowest BCUT2D eigenvalue weighted by Gasteiger charge is -2.05. The molecule has 0 spiro atoms. The first kappa shape index (κ1) is 16.9. The van der Waals surface area contributed by atoms with Gasteiger partial charge in [-0.1, -0.05) is 17.7 Å². The molecular formula is C16H14N2O6. The van der Waals surface area contributed by atoms with Crippen LogP contribution in [-0.2, 0) is 14.3 Å². The number of benzene rings is 1. The largest absolute Gasteiger partial charge is 0.452 e. The highest BCUT2D eigenvalue weighted by atomic mass is 16.6. The van der Waals surface area contributed by atoms with Gasteiger partial charge in [0.1, 0.15) is 10.7 Å². The Bertz CT molecular complexity index is 776. The third-order valence-electron chi connectivity index (χ3n) is 2.86. The Morgan fingerprint density at radius 3 is 2.58 bits per heavy atom. The number of esters is 1. The molecule has 0 saturated heterocycles. The molecule has 0 radical (unpaired) electrons. The van der Waals surface area contributed by atoms with Gasteiger partial charge in [-0.25, -0.2) is 4.79 Å². The molecule has 1 N–H and O–H groups in total. The number of hydrogen-bond acceptors (Lipinski definition) is 6. The highest BCUT2D eigenvalue weighted by Crippen LogP contribution is 2.16. The molecule has 1 aromatic carbocycles. The zero-order valence-corrected chi connectivity index (χ0v) is 12.7. The maximum absolute atomic E-state index is 11.6. The summed E-state index contributed by atoms with van der Waals surface area (Å²) in [5.41, 5.74) is 1.66. The molecule has 8 heteroatoms. The molecule has 0 aliphatic carbocycles. The van der Waals surface area contributed by atoms with Crippen LogP contribution in [0.1, 0.15) is 11.3 Å². The smallest absolute Gasteiger partial charge is 0.433 e. The molecular weight excluding hydrogens is 316 g/mol. The molecule has 24 heavy (non-hydrogen) atoms. The minimum Gasteiger partial charge on any atom is -0.452 e. The fraction of sp³-hybridized carbons (Fsp3) is 0.125. The topological polar surface area (TPSA) is 112 Å². The van der Waals surface area contributed by atoms with Crippen LogP contribution in [0.4, 0.5) is 11.6 Å². The Morgan fingerprint density at radius 2 is 1.96 bits per heavy atom. The maximum atomic E-state index is 11.6. The molecule has 2 rings (SSSR count). The van der Waals surface area contributed by atoms with E-state index in [1.54, 1.807) is 12.1 Å². The molecule has 0 saturated carbocycles. The number of nitrogens with zero attached hydrogens (tertiary/aromatic N) is 1. The van der Waals surface area contributed by atoms with Crippen LogP contribution in [0.25, 0.3) is 6.08 Å². The first-order valence-electron chi connectivity index (χ1n) is 6.89. The zero-order chi connectivity index (χ0) is 17.5. The number of carbonyl (C=O) groups excluding carboxylic acids is 2. The van der Waals surface area contributed by atoms with Crippen LogP contribution in [0.2, 0.25) is 0 Å². The van der Waals surface area contributed by atoms with E-state index in [9.17, 15) is 19.7 Å². The van der Waals surface area contributed by atoms with Gasteiger partial charge >= 0.3 is 11.9 Å². The molecule has 1 aromatic heterocycles. The van der Waals surface area contributed by atoms with Gasteiger partial charge in [0, 0.05) is 11.8 Å². The van der Waals surface area contributed by atoms with Gasteiger partial charge in [0.2, 0.25) is 0 Å². The lowest BCUT2D eigenvalue weighted by Crippen LogP contribution is -2.20. The minimum absolute atomic E-state index is 0.128. The van der Waals surface area contributed by atoms with Gasteiger partial charge in [0.25, 0.3) is 5.91 Å². The van der Waals surface area contributed by atoms with Crippen LogP contribution in [0.15, 0.2) is 46.9 Å². The van der Waals surface area contributed by atoms with E-state index in [2.05, 4.69) is 5.32 Å². The summed E-state index contributed by atoms with van der Waals surface area (Å²) < 4.78 is 9.60. The number of ether oxygens (including phenoxy) is 1. The molecule has 0 aliphatic rings. The average Bonchev–Trinajstić information content (AvgIpc) is 3.02. The molecule has 0 aliphatic heterocycles. The summed E-state index contributed by atoms with van der Waals surface area (Å²) in [5, 5.41) is 13.0. The van der Waals surface area contributed by atoms with Crippen LogP contribution in [0, 0.1) is 17.0 Å². The van der Waals surface area contributed by atoms with Crippen LogP contribution in [0.5, 0.6) is 0 Å². The lowest BCUT2D eigenvalue weighted by molar-refractivity contribution is -0.402. The summed E-state index contributed by atoms with van der Waals surface area (Å²) in [6.07, 6.45) is 2.23. The normalized spacial score (nSPS) is 10.5. The van der Waals surface area contributed by atoms with E-state index in [-0.39, 0.29) is 5.76 Å². The number of amides is 1. The average molecular weight is 330 g/mol. The number of carbonyl (C=O) groups is 2. The van der Waals surface area contributed by atoms with Crippen LogP contribution in [0.3, 0.4) is 0 Å². The Kier molecular flexibility index (Phi) is 5.45. The summed E-state index contributed by atoms with van der Waals surface area (Å²) in [6, 6.07) is 9.66. The Balaban J connectivity index is 1.79. The summed E-state index contributed by atoms with van der Waals surface area (Å²) in [6.45, 7) is 1.47. The van der Waals surface area contributed by atoms with Crippen molar-refractivity contribution < 1.29 is 23.7 Å². The quantitative estimate of drug-likeness (QED) is 0.377. The SMILES string of the molecule is Cc1ccc(NC(=O)COC(=O)/C=C/c2ccc([N+](=O)[O-])o2)cc1. The van der Waals surface area contributed by atoms with E-state index in [4.69, 9.17) is 9.15 Å². The van der Waals surface area contributed by atoms with E-state index < -0.39 is 29.3 Å². The van der Waals surface area contributed by atoms with E-state index >= 15 is 0 Å². The molecule has 1 amide bonds. The number of anilines is 1. The molecule has 124 valence electrons. The summed E-state index contributed by atoms with van der Waals surface area (Å²) in [4.78, 5) is 32.9. The first-order chi connectivity index (χ1) is 11.4. The predicted octanol–water partition coefficient (Wildman–Crippen LogP) is 2.69. The highest BCUT2D eigenvalue weighted by Gasteiger charge is 2.10. The summed E-state index contributed by atoms with van der Waals surface area (Å²) in [7, 11) is 0. The monoisotopic (exact) mass is 330 g/mol. The Morgan fingerprint density at radius 1 is 1.25 bits per heavy atom. The predicted molar refractivity (Wildman–Crippen MR) is 85.2 cm³/mol. The van der Waals surface area contributed by atoms with E-state index in [0.29, 0.717) is 5.69 Å². The standard InChI is InChI=1S/C16H14N2O6/c1-11-2-4-12(5-3-11)17-14(19)10-23-16(20)9-7-13-6-8-15(24-13)18(21)22/h2-9H,10H2,1H3,(H,17,19)/b9-7+. The van der Waals surface area contributed by atoms with Crippen LogP contribution < -0.4 is 5.32 Å². The van der Waals surface area contributed by atoms with E-state index in [0.717, 1.165) is 11.6 Å². The molecule has 0 bridgehead atoms. The van der Waals surface area contributed by atoms with Gasteiger partial charge in [-0.15, -0.1) is 0 Å². The first-order valence-corrected chi connectivity index (χ1v) is 6.89. The van der Waals surface area contributed by atoms with Gasteiger partial charge in [-0.05, 0) is 31.2 Å². The van der Waals surface area contributed by atoms with Crippen molar-refractivity contribution in [3.8, 4) is 0 Å². The van der Waals surface area contributed by atoms with Crippen molar-refractivity contribution in [3.63, 3.8) is 0 Å². The Labute approximate surface area is 136 Å². The van der Waals surface area contributed by atoms with Crippen molar-refractivity contribution in [2.45, 2.75) is 6.92 Å². The summed E-state index contributed by atoms with van der Waals surface area (Å²) in [5.74, 6) is -1.55. The van der Waals surface area contributed by atoms with Crippen LogP contribution >= 0.6 is 0 Å². The fourth-order valence-corrected chi connectivity index (χ4v) is 1.70. The van der Waals surface area contributed by atoms with E-state index in [1.807, 2.05) is 19.1 Å². The number of rotatable bonds is 6. The second-order valence-corrected chi connectivity index (χ2v) is 4.79. The highest BCUT2D eigenvalue weighted by molar-refractivity contribution is 5.94. The van der Waals surface area contributed by atoms with Crippen molar-refractivity contribution >= 4 is 29.5 Å². The van der Waals surface area contributed by atoms with Crippen molar-refractivity contribution in [2.75, 3.05) is 11.9 Å². The molecule has 2 aromatic rings. The van der Waals surface area contributed by atoms with Crippen LogP contribution in [-0.4, -0.2) is 23.4 Å². The minimum atomic E-state index is -0.770. The second kappa shape index (κ2) is 7.73. The van der Waals surface area contributed by atoms with Crippen molar-refractivity contribution in [2.24, 2.45) is 0 Å². The number of nitrogens with one attached hydrogen (secondary N) is 1. The number of furan rings is 1. The third kappa shape index (κ3) is 5.09. The molecule has 0 atom stereocenters. The van der Waals surface area contributed by atoms with Gasteiger partial charge in [-0.2, -0.15) is 0 Å². The maximum Gasteiger partial charge on any atom is 0.433 e. The number of aryl methyl sites for hydroxylation is 1. The van der Waals surface area contributed by atoms with Crippen molar-refractivity contribution in [1.82, 2.24) is 0 Å². The lowest BCUT2D eigenvalue weighted by atomic mass is 10.2. The van der Waals surface area contributed by atoms with Crippen molar-refractivity contribution in [1.29, 1.82) is 0 Å². The third-order valence-corrected chi connectivity index (χ3v) is 2.86. The fourth-order valence-electron chi connectivity index (χ4n) is 1.70. The van der Waals surface area contributed by atoms with Gasteiger partial charge < -0.3 is 14.5 Å². The molecule has 1 heterocycles. The van der Waals surface area contributed by atoms with Gasteiger partial charge in [0.15, 0.2) is 6.61 Å². The number of hydrogen-bond donors (Lipinski definition) is 1.